The Balaban J connectivity index is 1.85. The molecule has 0 bridgehead atoms. The van der Waals surface area contributed by atoms with Crippen LogP contribution in [0.5, 0.6) is 0 Å². The average Bonchev–Trinajstić information content (AvgIpc) is 3.05. The summed E-state index contributed by atoms with van der Waals surface area (Å²) >= 11 is 0. The van der Waals surface area contributed by atoms with Gasteiger partial charge in [0.05, 0.1) is 12.5 Å². The summed E-state index contributed by atoms with van der Waals surface area (Å²) in [6, 6.07) is 3.97. The number of carbonyl (C=O) groups is 1. The summed E-state index contributed by atoms with van der Waals surface area (Å²) in [7, 11) is 1.57. The number of carbonyl (C=O) groups excluding carboxylic acids is 1. The third-order valence-electron chi connectivity index (χ3n) is 3.74. The predicted molar refractivity (Wildman–Crippen MR) is 82.0 cm³/mol. The van der Waals surface area contributed by atoms with Crippen molar-refractivity contribution in [1.29, 1.82) is 0 Å². The number of ether oxygens (including phenoxy) is 1. The molecule has 6 nitrogen and oxygen atoms in total. The number of hydrogen-bond donors (Lipinski definition) is 2. The molecule has 116 valence electrons. The highest BCUT2D eigenvalue weighted by Gasteiger charge is 2.14. The molecule has 1 amide bonds. The van der Waals surface area contributed by atoms with Gasteiger partial charge in [-0.15, -0.1) is 0 Å². The first-order valence-electron chi connectivity index (χ1n) is 7.42. The number of nitrogens with two attached hydrogens (primary N) is 1. The molecule has 0 saturated carbocycles. The molecule has 1 unspecified atom stereocenters. The van der Waals surface area contributed by atoms with Crippen LogP contribution in [0.15, 0.2) is 18.3 Å². The van der Waals surface area contributed by atoms with Crippen molar-refractivity contribution in [1.82, 2.24) is 10.3 Å². The Morgan fingerprint density at radius 2 is 2.29 bits per heavy atom. The van der Waals surface area contributed by atoms with E-state index in [0.29, 0.717) is 13.1 Å². The van der Waals surface area contributed by atoms with Crippen molar-refractivity contribution in [2.75, 3.05) is 31.6 Å². The van der Waals surface area contributed by atoms with E-state index in [2.05, 4.69) is 15.2 Å². The predicted octanol–water partition coefficient (Wildman–Crippen LogP) is 0.662. The molecule has 1 aromatic rings. The summed E-state index contributed by atoms with van der Waals surface area (Å²) in [5.74, 6) is 0.947. The van der Waals surface area contributed by atoms with Gasteiger partial charge in [-0.3, -0.25) is 4.79 Å². The van der Waals surface area contributed by atoms with Crippen LogP contribution in [0.25, 0.3) is 0 Å². The zero-order valence-corrected chi connectivity index (χ0v) is 12.5. The number of methoxy groups -OCH3 is 1. The molecule has 0 aliphatic carbocycles. The van der Waals surface area contributed by atoms with Crippen molar-refractivity contribution in [3.8, 4) is 0 Å². The topological polar surface area (TPSA) is 80.5 Å². The van der Waals surface area contributed by atoms with Crippen molar-refractivity contribution in [3.63, 3.8) is 0 Å². The Kier molecular flexibility index (Phi) is 5.95. The van der Waals surface area contributed by atoms with Crippen LogP contribution >= 0.6 is 0 Å². The van der Waals surface area contributed by atoms with E-state index in [4.69, 9.17) is 10.5 Å². The first-order valence-corrected chi connectivity index (χ1v) is 7.42. The number of rotatable bonds is 7. The Morgan fingerprint density at radius 3 is 2.95 bits per heavy atom. The zero-order chi connectivity index (χ0) is 15.1. The number of nitrogens with one attached hydrogen (secondary N) is 1. The molecular formula is C15H24N4O2. The second-order valence-electron chi connectivity index (χ2n) is 5.29. The zero-order valence-electron chi connectivity index (χ0n) is 12.5. The van der Waals surface area contributed by atoms with Crippen LogP contribution in [-0.2, 0) is 16.1 Å². The van der Waals surface area contributed by atoms with Crippen molar-refractivity contribution in [2.24, 2.45) is 5.73 Å². The van der Waals surface area contributed by atoms with Gasteiger partial charge >= 0.3 is 0 Å². The minimum Gasteiger partial charge on any atom is -0.380 e. The summed E-state index contributed by atoms with van der Waals surface area (Å²) in [6.07, 6.45) is 4.31. The van der Waals surface area contributed by atoms with E-state index in [0.717, 1.165) is 24.5 Å². The summed E-state index contributed by atoms with van der Waals surface area (Å²) in [5.41, 5.74) is 6.57. The molecule has 0 radical (unpaired) electrons. The van der Waals surface area contributed by atoms with Gasteiger partial charge in [-0.1, -0.05) is 0 Å². The maximum absolute atomic E-state index is 11.8. The molecule has 1 fully saturated rings. The van der Waals surface area contributed by atoms with Gasteiger partial charge in [0.25, 0.3) is 0 Å². The molecule has 1 aliphatic rings. The van der Waals surface area contributed by atoms with Crippen LogP contribution in [0.3, 0.4) is 0 Å². The molecular weight excluding hydrogens is 268 g/mol. The van der Waals surface area contributed by atoms with E-state index in [-0.39, 0.29) is 18.4 Å². The van der Waals surface area contributed by atoms with Crippen LogP contribution < -0.4 is 16.0 Å². The minimum atomic E-state index is -0.220. The maximum Gasteiger partial charge on any atom is 0.222 e. The lowest BCUT2D eigenvalue weighted by Gasteiger charge is -2.17. The maximum atomic E-state index is 11.8. The Labute approximate surface area is 125 Å². The average molecular weight is 292 g/mol. The second kappa shape index (κ2) is 7.95. The van der Waals surface area contributed by atoms with Crippen LogP contribution in [0.2, 0.25) is 0 Å². The highest BCUT2D eigenvalue weighted by Crippen LogP contribution is 2.18. The van der Waals surface area contributed by atoms with Gasteiger partial charge in [0, 0.05) is 39.5 Å². The largest absolute Gasteiger partial charge is 0.380 e. The summed E-state index contributed by atoms with van der Waals surface area (Å²) in [5, 5.41) is 2.90. The van der Waals surface area contributed by atoms with Crippen molar-refractivity contribution < 1.29 is 9.53 Å². The van der Waals surface area contributed by atoms with Gasteiger partial charge in [0.15, 0.2) is 0 Å². The highest BCUT2D eigenvalue weighted by atomic mass is 16.5. The number of pyridine rings is 1. The molecule has 6 heteroatoms. The fourth-order valence-electron chi connectivity index (χ4n) is 2.43. The molecule has 2 heterocycles. The number of aromatic nitrogens is 1. The smallest absolute Gasteiger partial charge is 0.222 e. The number of hydrogen-bond acceptors (Lipinski definition) is 5. The monoisotopic (exact) mass is 292 g/mol. The van der Waals surface area contributed by atoms with E-state index in [1.807, 2.05) is 12.1 Å². The molecule has 1 aliphatic heterocycles. The molecule has 0 aromatic carbocycles. The fourth-order valence-corrected chi connectivity index (χ4v) is 2.43. The molecule has 1 saturated heterocycles. The van der Waals surface area contributed by atoms with E-state index < -0.39 is 0 Å². The van der Waals surface area contributed by atoms with Crippen LogP contribution in [-0.4, -0.2) is 43.7 Å². The number of amides is 1. The standard InChI is InChI=1S/C15H24N4O2/c1-21-13(10-16)9-15(20)18-11-12-4-5-17-14(8-12)19-6-2-3-7-19/h4-5,8,13H,2-3,6-7,9-11,16H2,1H3,(H,18,20). The summed E-state index contributed by atoms with van der Waals surface area (Å²) < 4.78 is 5.11. The summed E-state index contributed by atoms with van der Waals surface area (Å²) in [4.78, 5) is 18.5. The van der Waals surface area contributed by atoms with E-state index in [9.17, 15) is 4.79 Å². The van der Waals surface area contributed by atoms with Crippen LogP contribution in [0.4, 0.5) is 5.82 Å². The van der Waals surface area contributed by atoms with Crippen LogP contribution in [0.1, 0.15) is 24.8 Å². The quantitative estimate of drug-likeness (QED) is 0.772. The molecule has 1 atom stereocenters. The van der Waals surface area contributed by atoms with Gasteiger partial charge in [0.2, 0.25) is 5.91 Å². The third-order valence-corrected chi connectivity index (χ3v) is 3.74. The lowest BCUT2D eigenvalue weighted by Crippen LogP contribution is -2.32. The van der Waals surface area contributed by atoms with Crippen molar-refractivity contribution >= 4 is 11.7 Å². The van der Waals surface area contributed by atoms with Gasteiger partial charge in [-0.25, -0.2) is 4.98 Å². The Hall–Kier alpha value is -1.66. The molecule has 21 heavy (non-hydrogen) atoms. The number of anilines is 1. The van der Waals surface area contributed by atoms with E-state index in [1.54, 1.807) is 13.3 Å². The molecule has 3 N–H and O–H groups in total. The van der Waals surface area contributed by atoms with Crippen molar-refractivity contribution in [3.05, 3.63) is 23.9 Å². The number of nitrogens with zero attached hydrogens (tertiary/aromatic N) is 2. The van der Waals surface area contributed by atoms with E-state index in [1.165, 1.54) is 12.8 Å². The fraction of sp³-hybridized carbons (Fsp3) is 0.600. The first-order chi connectivity index (χ1) is 10.2. The normalized spacial score (nSPS) is 16.0. The van der Waals surface area contributed by atoms with Gasteiger partial charge < -0.3 is 20.7 Å². The Morgan fingerprint density at radius 1 is 1.52 bits per heavy atom. The second-order valence-corrected chi connectivity index (χ2v) is 5.29. The van der Waals surface area contributed by atoms with Crippen LogP contribution in [0, 0.1) is 0 Å². The minimum absolute atomic E-state index is 0.0492. The van der Waals surface area contributed by atoms with E-state index >= 15 is 0 Å². The summed E-state index contributed by atoms with van der Waals surface area (Å²) in [6.45, 7) is 2.98. The first kappa shape index (κ1) is 15.7. The SMILES string of the molecule is COC(CN)CC(=O)NCc1ccnc(N2CCCC2)c1. The van der Waals surface area contributed by atoms with Gasteiger partial charge in [-0.2, -0.15) is 0 Å². The lowest BCUT2D eigenvalue weighted by molar-refractivity contribution is -0.123. The van der Waals surface area contributed by atoms with Gasteiger partial charge in [0.1, 0.15) is 5.82 Å². The molecule has 0 spiro atoms. The van der Waals surface area contributed by atoms with Crippen molar-refractivity contribution in [2.45, 2.75) is 31.9 Å². The molecule has 1 aromatic heterocycles. The third kappa shape index (κ3) is 4.68. The van der Waals surface area contributed by atoms with Gasteiger partial charge in [-0.05, 0) is 30.5 Å². The highest BCUT2D eigenvalue weighted by molar-refractivity contribution is 5.76. The molecule has 2 rings (SSSR count). The Bertz CT molecular complexity index is 457. The lowest BCUT2D eigenvalue weighted by atomic mass is 10.2.